The maximum Gasteiger partial charge on any atom is 0.269 e. The van der Waals surface area contributed by atoms with Crippen molar-refractivity contribution >= 4 is 30.7 Å². The van der Waals surface area contributed by atoms with Gasteiger partial charge >= 0.3 is 0 Å². The molecule has 1 unspecified atom stereocenters. The van der Waals surface area contributed by atoms with Crippen LogP contribution in [0.5, 0.6) is 0 Å². The van der Waals surface area contributed by atoms with E-state index in [0.29, 0.717) is 24.7 Å². The molecule has 0 spiro atoms. The second-order valence-corrected chi connectivity index (χ2v) is 3.72. The van der Waals surface area contributed by atoms with Crippen molar-refractivity contribution in [1.82, 2.24) is 10.3 Å². The molecule has 3 N–H and O–H groups in total. The first kappa shape index (κ1) is 18.5. The van der Waals surface area contributed by atoms with E-state index in [9.17, 15) is 4.79 Å². The summed E-state index contributed by atoms with van der Waals surface area (Å²) in [6.07, 6.45) is 0. The molecule has 98 valence electrons. The summed E-state index contributed by atoms with van der Waals surface area (Å²) in [5, 5.41) is 2.80. The van der Waals surface area contributed by atoms with Crippen LogP contribution in [-0.2, 0) is 0 Å². The highest BCUT2D eigenvalue weighted by Crippen LogP contribution is 1.98. The largest absolute Gasteiger partial charge is 0.350 e. The van der Waals surface area contributed by atoms with Crippen LogP contribution in [0.25, 0.3) is 0 Å². The summed E-state index contributed by atoms with van der Waals surface area (Å²) in [7, 11) is 0. The van der Waals surface area contributed by atoms with E-state index in [1.807, 2.05) is 26.0 Å². The van der Waals surface area contributed by atoms with E-state index in [2.05, 4.69) is 10.3 Å². The molecule has 0 saturated carbocycles. The number of carbonyl (C=O) groups excluding carboxylic acids is 1. The van der Waals surface area contributed by atoms with Gasteiger partial charge < -0.3 is 11.1 Å². The summed E-state index contributed by atoms with van der Waals surface area (Å²) in [5.41, 5.74) is 6.75. The lowest BCUT2D eigenvalue weighted by molar-refractivity contribution is 0.0943. The number of aromatic nitrogens is 1. The van der Waals surface area contributed by atoms with Crippen LogP contribution >= 0.6 is 24.8 Å². The molecule has 1 aromatic rings. The third-order valence-electron chi connectivity index (χ3n) is 2.13. The van der Waals surface area contributed by atoms with Gasteiger partial charge in [0.15, 0.2) is 0 Å². The predicted molar refractivity (Wildman–Crippen MR) is 74.0 cm³/mol. The van der Waals surface area contributed by atoms with Crippen LogP contribution in [0.15, 0.2) is 18.2 Å². The zero-order chi connectivity index (χ0) is 11.3. The molecular formula is C11H19Cl2N3O. The topological polar surface area (TPSA) is 68.0 Å². The van der Waals surface area contributed by atoms with Crippen molar-refractivity contribution in [3.63, 3.8) is 0 Å². The van der Waals surface area contributed by atoms with E-state index in [-0.39, 0.29) is 30.7 Å². The Morgan fingerprint density at radius 3 is 2.65 bits per heavy atom. The van der Waals surface area contributed by atoms with Crippen LogP contribution in [0, 0.1) is 12.8 Å². The van der Waals surface area contributed by atoms with Gasteiger partial charge in [0.2, 0.25) is 0 Å². The van der Waals surface area contributed by atoms with Crippen molar-refractivity contribution in [2.75, 3.05) is 13.1 Å². The Morgan fingerprint density at radius 1 is 1.47 bits per heavy atom. The summed E-state index contributed by atoms with van der Waals surface area (Å²) >= 11 is 0. The van der Waals surface area contributed by atoms with Gasteiger partial charge in [-0.15, -0.1) is 24.8 Å². The normalized spacial score (nSPS) is 10.8. The Bertz CT molecular complexity index is 347. The van der Waals surface area contributed by atoms with Crippen LogP contribution in [-0.4, -0.2) is 24.0 Å². The molecule has 17 heavy (non-hydrogen) atoms. The zero-order valence-corrected chi connectivity index (χ0v) is 11.6. The van der Waals surface area contributed by atoms with Crippen molar-refractivity contribution in [3.8, 4) is 0 Å². The first-order chi connectivity index (χ1) is 7.13. The Kier molecular flexibility index (Phi) is 10.0. The fourth-order valence-electron chi connectivity index (χ4n) is 1.11. The van der Waals surface area contributed by atoms with Crippen molar-refractivity contribution in [1.29, 1.82) is 0 Å². The van der Waals surface area contributed by atoms with Crippen LogP contribution in [0.4, 0.5) is 0 Å². The molecular weight excluding hydrogens is 261 g/mol. The van der Waals surface area contributed by atoms with E-state index in [1.165, 1.54) is 0 Å². The highest BCUT2D eigenvalue weighted by Gasteiger charge is 2.07. The number of carbonyl (C=O) groups is 1. The van der Waals surface area contributed by atoms with Gasteiger partial charge in [0, 0.05) is 12.2 Å². The van der Waals surface area contributed by atoms with Gasteiger partial charge in [0.05, 0.1) is 0 Å². The van der Waals surface area contributed by atoms with E-state index >= 15 is 0 Å². The molecule has 1 heterocycles. The first-order valence-corrected chi connectivity index (χ1v) is 5.05. The second kappa shape index (κ2) is 9.22. The summed E-state index contributed by atoms with van der Waals surface area (Å²) in [6, 6.07) is 5.39. The van der Waals surface area contributed by atoms with Gasteiger partial charge in [-0.25, -0.2) is 4.98 Å². The van der Waals surface area contributed by atoms with Crippen LogP contribution in [0.2, 0.25) is 0 Å². The molecule has 1 amide bonds. The summed E-state index contributed by atoms with van der Waals surface area (Å²) in [4.78, 5) is 15.7. The SMILES string of the molecule is Cc1cccc(C(=O)NCC(C)CN)n1.Cl.Cl. The van der Waals surface area contributed by atoms with Gasteiger partial charge in [0.25, 0.3) is 5.91 Å². The number of nitrogens with zero attached hydrogens (tertiary/aromatic N) is 1. The van der Waals surface area contributed by atoms with Gasteiger partial charge in [-0.1, -0.05) is 13.0 Å². The average Bonchev–Trinajstić information content (AvgIpc) is 2.25. The molecule has 0 fully saturated rings. The third-order valence-corrected chi connectivity index (χ3v) is 2.13. The van der Waals surface area contributed by atoms with E-state index in [1.54, 1.807) is 6.07 Å². The predicted octanol–water partition coefficient (Wildman–Crippen LogP) is 1.56. The Labute approximate surface area is 114 Å². The van der Waals surface area contributed by atoms with Gasteiger partial charge in [-0.05, 0) is 31.5 Å². The van der Waals surface area contributed by atoms with E-state index in [0.717, 1.165) is 5.69 Å². The molecule has 4 nitrogen and oxygen atoms in total. The standard InChI is InChI=1S/C11H17N3O.2ClH/c1-8(6-12)7-13-11(15)10-5-3-4-9(2)14-10;;/h3-5,8H,6-7,12H2,1-2H3,(H,13,15);2*1H. The van der Waals surface area contributed by atoms with Crippen molar-refractivity contribution in [2.45, 2.75) is 13.8 Å². The minimum atomic E-state index is -0.140. The second-order valence-electron chi connectivity index (χ2n) is 3.72. The summed E-state index contributed by atoms with van der Waals surface area (Å²) in [5.74, 6) is 0.151. The number of nitrogens with one attached hydrogen (secondary N) is 1. The number of aryl methyl sites for hydroxylation is 1. The molecule has 1 aromatic heterocycles. The third kappa shape index (κ3) is 6.46. The maximum atomic E-state index is 11.6. The minimum absolute atomic E-state index is 0. The van der Waals surface area contributed by atoms with Gasteiger partial charge in [-0.3, -0.25) is 4.79 Å². The number of hydrogen-bond acceptors (Lipinski definition) is 3. The Balaban J connectivity index is 0. The molecule has 0 aromatic carbocycles. The molecule has 0 aliphatic carbocycles. The molecule has 0 aliphatic heterocycles. The van der Waals surface area contributed by atoms with E-state index < -0.39 is 0 Å². The zero-order valence-electron chi connectivity index (χ0n) is 9.97. The summed E-state index contributed by atoms with van der Waals surface area (Å²) < 4.78 is 0. The quantitative estimate of drug-likeness (QED) is 0.879. The Hall–Kier alpha value is -0.840. The van der Waals surface area contributed by atoms with Crippen molar-refractivity contribution in [2.24, 2.45) is 11.7 Å². The van der Waals surface area contributed by atoms with Crippen LogP contribution < -0.4 is 11.1 Å². The lowest BCUT2D eigenvalue weighted by Crippen LogP contribution is -2.31. The molecule has 0 saturated heterocycles. The van der Waals surface area contributed by atoms with Crippen LogP contribution in [0.1, 0.15) is 23.1 Å². The molecule has 1 rings (SSSR count). The first-order valence-electron chi connectivity index (χ1n) is 5.05. The summed E-state index contributed by atoms with van der Waals surface area (Å²) in [6.45, 7) is 5.01. The highest BCUT2D eigenvalue weighted by molar-refractivity contribution is 5.92. The highest BCUT2D eigenvalue weighted by atomic mass is 35.5. The van der Waals surface area contributed by atoms with Crippen molar-refractivity contribution in [3.05, 3.63) is 29.6 Å². The molecule has 0 aliphatic rings. The van der Waals surface area contributed by atoms with Crippen molar-refractivity contribution < 1.29 is 4.79 Å². The van der Waals surface area contributed by atoms with Crippen LogP contribution in [0.3, 0.4) is 0 Å². The molecule has 0 radical (unpaired) electrons. The minimum Gasteiger partial charge on any atom is -0.350 e. The number of hydrogen-bond donors (Lipinski definition) is 2. The molecule has 0 bridgehead atoms. The number of halogens is 2. The fourth-order valence-corrected chi connectivity index (χ4v) is 1.11. The molecule has 1 atom stereocenters. The fraction of sp³-hybridized carbons (Fsp3) is 0.455. The average molecular weight is 280 g/mol. The Morgan fingerprint density at radius 2 is 2.12 bits per heavy atom. The smallest absolute Gasteiger partial charge is 0.269 e. The number of rotatable bonds is 4. The number of pyridine rings is 1. The monoisotopic (exact) mass is 279 g/mol. The lowest BCUT2D eigenvalue weighted by atomic mass is 10.2. The van der Waals surface area contributed by atoms with E-state index in [4.69, 9.17) is 5.73 Å². The lowest BCUT2D eigenvalue weighted by Gasteiger charge is -2.09. The molecule has 6 heteroatoms. The number of amides is 1. The van der Waals surface area contributed by atoms with Gasteiger partial charge in [0.1, 0.15) is 5.69 Å². The maximum absolute atomic E-state index is 11.6. The number of nitrogens with two attached hydrogens (primary N) is 1. The van der Waals surface area contributed by atoms with Gasteiger partial charge in [-0.2, -0.15) is 0 Å².